The number of nitriles is 2. The lowest BCUT2D eigenvalue weighted by Gasteiger charge is -2.43. The molecule has 0 spiro atoms. The molecular weight excluding hydrogens is 456 g/mol. The summed E-state index contributed by atoms with van der Waals surface area (Å²) in [5.74, 6) is 2.02. The second-order valence-corrected chi connectivity index (χ2v) is 10.1. The largest absolute Gasteiger partial charge is 0.377 e. The van der Waals surface area contributed by atoms with Gasteiger partial charge in [-0.05, 0) is 50.2 Å². The zero-order valence-corrected chi connectivity index (χ0v) is 20.1. The fraction of sp³-hybridized carbons (Fsp3) is 0.538. The van der Waals surface area contributed by atoms with E-state index in [9.17, 15) is 10.1 Å². The highest BCUT2D eigenvalue weighted by Gasteiger charge is 2.42. The summed E-state index contributed by atoms with van der Waals surface area (Å²) in [5, 5.41) is 22.4. The number of hydrogen-bond acceptors (Lipinski definition) is 9. The van der Waals surface area contributed by atoms with Crippen molar-refractivity contribution in [3.63, 3.8) is 0 Å². The number of carbonyl (C=O) groups is 1. The molecule has 2 aromatic rings. The van der Waals surface area contributed by atoms with Crippen LogP contribution in [0.4, 0.5) is 17.5 Å². The molecule has 2 atom stereocenters. The van der Waals surface area contributed by atoms with E-state index < -0.39 is 0 Å². The average Bonchev–Trinajstić information content (AvgIpc) is 3.79. The van der Waals surface area contributed by atoms with Gasteiger partial charge in [0.15, 0.2) is 0 Å². The molecule has 2 aliphatic carbocycles. The van der Waals surface area contributed by atoms with E-state index in [-0.39, 0.29) is 25.2 Å². The van der Waals surface area contributed by atoms with Crippen LogP contribution in [0.1, 0.15) is 62.8 Å². The summed E-state index contributed by atoms with van der Waals surface area (Å²) in [4.78, 5) is 30.7. The van der Waals surface area contributed by atoms with Crippen molar-refractivity contribution < 1.29 is 11.0 Å². The highest BCUT2D eigenvalue weighted by atomic mass is 16.5. The first kappa shape index (κ1) is 22.7. The van der Waals surface area contributed by atoms with E-state index in [1.54, 1.807) is 6.07 Å². The maximum Gasteiger partial charge on any atom is 0.228 e. The minimum atomic E-state index is 0. The van der Waals surface area contributed by atoms with Gasteiger partial charge in [-0.1, -0.05) is 0 Å². The topological polar surface area (TPSA) is 131 Å². The van der Waals surface area contributed by atoms with Crippen molar-refractivity contribution in [1.82, 2.24) is 19.9 Å². The third-order valence-corrected chi connectivity index (χ3v) is 7.53. The van der Waals surface area contributed by atoms with Crippen LogP contribution < -0.4 is 10.2 Å². The van der Waals surface area contributed by atoms with Crippen LogP contribution in [0.25, 0.3) is 0 Å². The predicted molar refractivity (Wildman–Crippen MR) is 132 cm³/mol. The lowest BCUT2D eigenvalue weighted by molar-refractivity contribution is -0.142. The normalized spacial score (nSPS) is 23.4. The Labute approximate surface area is 211 Å². The van der Waals surface area contributed by atoms with Gasteiger partial charge in [0.2, 0.25) is 11.9 Å². The van der Waals surface area contributed by atoms with Crippen LogP contribution in [0.5, 0.6) is 0 Å². The molecule has 4 fully saturated rings. The summed E-state index contributed by atoms with van der Waals surface area (Å²) < 4.78 is 5.50. The second kappa shape index (κ2) is 9.36. The number of pyridine rings is 1. The molecule has 186 valence electrons. The van der Waals surface area contributed by atoms with E-state index in [1.165, 1.54) is 6.20 Å². The summed E-state index contributed by atoms with van der Waals surface area (Å²) in [6.45, 7) is 2.72. The smallest absolute Gasteiger partial charge is 0.228 e. The van der Waals surface area contributed by atoms with E-state index in [2.05, 4.69) is 31.2 Å². The number of carbonyl (C=O) groups excluding carboxylic acids is 1. The Bertz CT molecular complexity index is 1260. The van der Waals surface area contributed by atoms with Gasteiger partial charge in [-0.2, -0.15) is 10.5 Å². The molecule has 0 aromatic carbocycles. The summed E-state index contributed by atoms with van der Waals surface area (Å²) >= 11 is 0. The molecular formula is C26H30N8O2. The molecule has 2 saturated heterocycles. The number of hydrogen-bond donors (Lipinski definition) is 1. The minimum absolute atomic E-state index is 0. The van der Waals surface area contributed by atoms with Gasteiger partial charge in [-0.3, -0.25) is 4.79 Å². The van der Waals surface area contributed by atoms with Crippen molar-refractivity contribution in [2.45, 2.75) is 56.6 Å². The van der Waals surface area contributed by atoms with Gasteiger partial charge in [0, 0.05) is 39.8 Å². The summed E-state index contributed by atoms with van der Waals surface area (Å²) in [5.41, 5.74) is 2.36. The molecule has 2 aliphatic heterocycles. The Morgan fingerprint density at radius 3 is 2.67 bits per heavy atom. The van der Waals surface area contributed by atoms with E-state index in [0.717, 1.165) is 44.4 Å². The van der Waals surface area contributed by atoms with Crippen LogP contribution in [0.2, 0.25) is 0 Å². The maximum absolute atomic E-state index is 13.0. The molecule has 4 heterocycles. The van der Waals surface area contributed by atoms with Gasteiger partial charge < -0.3 is 19.9 Å². The highest BCUT2D eigenvalue weighted by molar-refractivity contribution is 5.78. The number of aromatic nitrogens is 3. The van der Waals surface area contributed by atoms with Gasteiger partial charge >= 0.3 is 0 Å². The summed E-state index contributed by atoms with van der Waals surface area (Å²) in [6, 6.07) is 7.87. The Kier molecular flexibility index (Phi) is 5.90. The molecule has 36 heavy (non-hydrogen) atoms. The Morgan fingerprint density at radius 1 is 1.17 bits per heavy atom. The molecule has 0 bridgehead atoms. The van der Waals surface area contributed by atoms with Crippen LogP contribution in [0.3, 0.4) is 0 Å². The van der Waals surface area contributed by atoms with Crippen LogP contribution in [0, 0.1) is 28.6 Å². The third-order valence-electron chi connectivity index (χ3n) is 7.53. The second-order valence-electron chi connectivity index (χ2n) is 10.1. The molecule has 2 aromatic heterocycles. The van der Waals surface area contributed by atoms with E-state index >= 15 is 0 Å². The number of nitrogens with zero attached hydrogens (tertiary/aromatic N) is 7. The molecule has 4 aliphatic rings. The quantitative estimate of drug-likeness (QED) is 0.627. The summed E-state index contributed by atoms with van der Waals surface area (Å²) in [6.07, 6.45) is 7.40. The number of piperazine rings is 1. The number of amides is 1. The molecule has 0 unspecified atom stereocenters. The molecule has 1 N–H and O–H groups in total. The van der Waals surface area contributed by atoms with E-state index in [1.807, 2.05) is 12.1 Å². The predicted octanol–water partition coefficient (Wildman–Crippen LogP) is 3.09. The fourth-order valence-corrected chi connectivity index (χ4v) is 5.16. The molecule has 10 nitrogen and oxygen atoms in total. The van der Waals surface area contributed by atoms with E-state index in [0.29, 0.717) is 60.9 Å². The first-order valence-electron chi connectivity index (χ1n) is 12.7. The molecule has 1 amide bonds. The van der Waals surface area contributed by atoms with Gasteiger partial charge in [0.05, 0.1) is 35.5 Å². The van der Waals surface area contributed by atoms with Gasteiger partial charge in [-0.15, -0.1) is 0 Å². The minimum Gasteiger partial charge on any atom is -0.377 e. The van der Waals surface area contributed by atoms with Gasteiger partial charge in [-0.25, -0.2) is 15.0 Å². The first-order chi connectivity index (χ1) is 17.6. The SMILES string of the molecule is N#Cc1ccnc(Nc2cc(C#N)c(N3CCN(C(=O)C[C@H]4CCO4)[C@H](C4CC4)C3)nc2C2CC2)n1.[HH]. The number of rotatable bonds is 7. The standard InChI is InChI=1S/C26H28N8O2.H2/c27-13-18-11-21(31-26-29-7-5-19(14-28)30-26)24(17-3-4-17)32-25(18)33-8-9-34(22(15-33)16-1-2-16)23(35)12-20-6-10-36-20;/h5,7,11,16-17,20,22H,1-4,6,8-10,12,15H2,(H,29,30,31);1H/t20-,22+;/m1./s1. The lowest BCUT2D eigenvalue weighted by atomic mass is 10.0. The third kappa shape index (κ3) is 4.57. The van der Waals surface area contributed by atoms with Crippen LogP contribution in [-0.2, 0) is 9.53 Å². The van der Waals surface area contributed by atoms with Crippen molar-refractivity contribution in [3.05, 3.63) is 35.3 Å². The monoisotopic (exact) mass is 486 g/mol. The number of ether oxygens (including phenoxy) is 1. The Morgan fingerprint density at radius 2 is 2.00 bits per heavy atom. The van der Waals surface area contributed by atoms with E-state index in [4.69, 9.17) is 15.0 Å². The first-order valence-corrected chi connectivity index (χ1v) is 12.7. The van der Waals surface area contributed by atoms with Gasteiger partial charge in [0.1, 0.15) is 23.7 Å². The van der Waals surface area contributed by atoms with Crippen molar-refractivity contribution in [2.75, 3.05) is 36.5 Å². The average molecular weight is 487 g/mol. The zero-order valence-electron chi connectivity index (χ0n) is 20.1. The highest BCUT2D eigenvalue weighted by Crippen LogP contribution is 2.45. The zero-order chi connectivity index (χ0) is 24.6. The lowest BCUT2D eigenvalue weighted by Crippen LogP contribution is -2.57. The fourth-order valence-electron chi connectivity index (χ4n) is 5.16. The summed E-state index contributed by atoms with van der Waals surface area (Å²) in [7, 11) is 0. The van der Waals surface area contributed by atoms with Crippen LogP contribution in [0.15, 0.2) is 18.3 Å². The van der Waals surface area contributed by atoms with Crippen molar-refractivity contribution in [2.24, 2.45) is 5.92 Å². The number of anilines is 3. The Balaban J connectivity index is 0.00000280. The van der Waals surface area contributed by atoms with Gasteiger partial charge in [0.25, 0.3) is 0 Å². The molecule has 2 saturated carbocycles. The number of nitrogens with one attached hydrogen (secondary N) is 1. The van der Waals surface area contributed by atoms with Crippen molar-refractivity contribution >= 4 is 23.4 Å². The molecule has 6 rings (SSSR count). The molecule has 0 radical (unpaired) electrons. The Hall–Kier alpha value is -3.76. The maximum atomic E-state index is 13.0. The van der Waals surface area contributed by atoms with Crippen molar-refractivity contribution in [3.8, 4) is 12.1 Å². The molecule has 10 heteroatoms. The van der Waals surface area contributed by atoms with Crippen molar-refractivity contribution in [1.29, 1.82) is 10.5 Å². The van der Waals surface area contributed by atoms with Crippen LogP contribution in [-0.4, -0.2) is 64.1 Å². The van der Waals surface area contributed by atoms with Crippen LogP contribution >= 0.6 is 0 Å².